The molecular formula is C26H26N4O6S. The number of nitriles is 1. The monoisotopic (exact) mass is 522 g/mol. The molecule has 10 nitrogen and oxygen atoms in total. The molecule has 2 aromatic rings. The molecule has 37 heavy (non-hydrogen) atoms. The molecule has 0 atom stereocenters. The van der Waals surface area contributed by atoms with Crippen LogP contribution in [0.4, 0.5) is 16.2 Å². The molecule has 2 aliphatic rings. The summed E-state index contributed by atoms with van der Waals surface area (Å²) in [5.74, 6) is -0.191. The first-order chi connectivity index (χ1) is 18.0. The van der Waals surface area contributed by atoms with Crippen LogP contribution in [-0.2, 0) is 14.3 Å². The van der Waals surface area contributed by atoms with Crippen molar-refractivity contribution in [3.63, 3.8) is 0 Å². The van der Waals surface area contributed by atoms with Crippen molar-refractivity contribution in [2.45, 2.75) is 6.92 Å². The lowest BCUT2D eigenvalue weighted by Crippen LogP contribution is -2.36. The number of thioether (sulfide) groups is 1. The zero-order valence-electron chi connectivity index (χ0n) is 20.3. The third-order valence-electron chi connectivity index (χ3n) is 5.56. The van der Waals surface area contributed by atoms with E-state index < -0.39 is 23.6 Å². The molecule has 0 aromatic heterocycles. The van der Waals surface area contributed by atoms with Crippen molar-refractivity contribution < 1.29 is 28.6 Å². The molecule has 2 heterocycles. The Morgan fingerprint density at radius 3 is 2.59 bits per heavy atom. The summed E-state index contributed by atoms with van der Waals surface area (Å²) in [6, 6.07) is 14.3. The second-order valence-corrected chi connectivity index (χ2v) is 9.04. The minimum absolute atomic E-state index is 0.127. The molecule has 1 N–H and O–H groups in total. The maximum absolute atomic E-state index is 12.9. The van der Waals surface area contributed by atoms with Gasteiger partial charge >= 0.3 is 0 Å². The molecule has 0 unspecified atom stereocenters. The summed E-state index contributed by atoms with van der Waals surface area (Å²) < 4.78 is 16.3. The average Bonchev–Trinajstić information content (AvgIpc) is 3.16. The van der Waals surface area contributed by atoms with E-state index in [1.165, 1.54) is 0 Å². The fourth-order valence-electron chi connectivity index (χ4n) is 3.82. The van der Waals surface area contributed by atoms with E-state index in [0.29, 0.717) is 42.6 Å². The quantitative estimate of drug-likeness (QED) is 0.493. The van der Waals surface area contributed by atoms with Gasteiger partial charge in [-0.2, -0.15) is 5.26 Å². The van der Waals surface area contributed by atoms with Gasteiger partial charge in [0.1, 0.15) is 12.6 Å². The zero-order valence-corrected chi connectivity index (χ0v) is 21.1. The number of morpholine rings is 1. The predicted octanol–water partition coefficient (Wildman–Crippen LogP) is 3.50. The minimum atomic E-state index is -0.546. The second kappa shape index (κ2) is 12.3. The van der Waals surface area contributed by atoms with Crippen LogP contribution < -0.4 is 19.7 Å². The lowest BCUT2D eigenvalue weighted by Gasteiger charge is -2.28. The van der Waals surface area contributed by atoms with E-state index in [0.717, 1.165) is 35.4 Å². The van der Waals surface area contributed by atoms with E-state index in [-0.39, 0.29) is 11.5 Å². The van der Waals surface area contributed by atoms with Gasteiger partial charge in [-0.15, -0.1) is 0 Å². The van der Waals surface area contributed by atoms with Crippen molar-refractivity contribution in [3.8, 4) is 17.6 Å². The number of carbonyl (C=O) groups excluding carboxylic acids is 3. The highest BCUT2D eigenvalue weighted by molar-refractivity contribution is 8.18. The number of benzene rings is 2. The van der Waals surface area contributed by atoms with Crippen LogP contribution in [0.2, 0.25) is 0 Å². The lowest BCUT2D eigenvalue weighted by molar-refractivity contribution is -0.127. The fraction of sp³-hybridized carbons (Fsp3) is 0.308. The van der Waals surface area contributed by atoms with Gasteiger partial charge in [0.2, 0.25) is 5.91 Å². The van der Waals surface area contributed by atoms with Crippen molar-refractivity contribution in [2.75, 3.05) is 56.3 Å². The molecule has 0 spiro atoms. The SMILES string of the molecule is CCOc1cc(/C=C2\SC(=O)N(CC(=O)Nc3ccc(N4CCOCC4)cc3)C2=O)ccc1OCC#N. The fourth-order valence-corrected chi connectivity index (χ4v) is 4.66. The van der Waals surface area contributed by atoms with E-state index in [4.69, 9.17) is 19.5 Å². The van der Waals surface area contributed by atoms with E-state index in [2.05, 4.69) is 10.2 Å². The van der Waals surface area contributed by atoms with Gasteiger partial charge in [-0.1, -0.05) is 6.07 Å². The molecule has 3 amide bonds. The van der Waals surface area contributed by atoms with Crippen LogP contribution in [0, 0.1) is 11.3 Å². The number of amides is 3. The summed E-state index contributed by atoms with van der Waals surface area (Å²) in [7, 11) is 0. The largest absolute Gasteiger partial charge is 0.490 e. The summed E-state index contributed by atoms with van der Waals surface area (Å²) in [6.07, 6.45) is 1.56. The summed E-state index contributed by atoms with van der Waals surface area (Å²) >= 11 is 0.768. The van der Waals surface area contributed by atoms with Crippen LogP contribution in [0.3, 0.4) is 0 Å². The van der Waals surface area contributed by atoms with Gasteiger partial charge in [-0.25, -0.2) is 0 Å². The topological polar surface area (TPSA) is 121 Å². The normalized spacial score (nSPS) is 16.6. The molecule has 4 rings (SSSR count). The van der Waals surface area contributed by atoms with Gasteiger partial charge in [0.05, 0.1) is 24.7 Å². The molecule has 11 heteroatoms. The standard InChI is InChI=1S/C26H26N4O6S/c1-2-35-22-15-18(3-8-21(22)36-12-9-27)16-23-25(32)30(26(33)37-23)17-24(31)28-19-4-6-20(7-5-19)29-10-13-34-14-11-29/h3-8,15-16H,2,10-14,17H2,1H3,(H,28,31)/b23-16-. The zero-order chi connectivity index (χ0) is 26.2. The summed E-state index contributed by atoms with van der Waals surface area (Å²) in [5.41, 5.74) is 2.23. The third kappa shape index (κ3) is 6.61. The molecule has 2 saturated heterocycles. The Morgan fingerprint density at radius 2 is 1.89 bits per heavy atom. The van der Waals surface area contributed by atoms with Gasteiger partial charge in [0, 0.05) is 24.5 Å². The molecule has 2 aliphatic heterocycles. The van der Waals surface area contributed by atoms with Crippen molar-refractivity contribution in [3.05, 3.63) is 52.9 Å². The minimum Gasteiger partial charge on any atom is -0.490 e. The van der Waals surface area contributed by atoms with Crippen LogP contribution in [0.5, 0.6) is 11.5 Å². The highest BCUT2D eigenvalue weighted by atomic mass is 32.2. The number of ether oxygens (including phenoxy) is 3. The average molecular weight is 523 g/mol. The summed E-state index contributed by atoms with van der Waals surface area (Å²) in [5, 5.41) is 11.0. The number of anilines is 2. The van der Waals surface area contributed by atoms with Crippen molar-refractivity contribution >= 4 is 46.3 Å². The van der Waals surface area contributed by atoms with Gasteiger partial charge in [-0.05, 0) is 66.7 Å². The van der Waals surface area contributed by atoms with Crippen LogP contribution in [0.15, 0.2) is 47.4 Å². The Morgan fingerprint density at radius 1 is 1.14 bits per heavy atom. The second-order valence-electron chi connectivity index (χ2n) is 8.05. The number of imide groups is 1. The molecule has 0 saturated carbocycles. The number of rotatable bonds is 9. The molecule has 0 radical (unpaired) electrons. The van der Waals surface area contributed by atoms with E-state index in [1.54, 1.807) is 36.4 Å². The van der Waals surface area contributed by atoms with Gasteiger partial charge in [0.25, 0.3) is 11.1 Å². The Balaban J connectivity index is 1.38. The van der Waals surface area contributed by atoms with E-state index >= 15 is 0 Å². The summed E-state index contributed by atoms with van der Waals surface area (Å²) in [4.78, 5) is 41.3. The van der Waals surface area contributed by atoms with Crippen molar-refractivity contribution in [1.29, 1.82) is 5.26 Å². The first-order valence-corrected chi connectivity index (χ1v) is 12.5. The molecule has 0 aliphatic carbocycles. The van der Waals surface area contributed by atoms with Crippen LogP contribution in [-0.4, -0.2) is 68.0 Å². The molecule has 0 bridgehead atoms. The Labute approximate surface area is 218 Å². The maximum Gasteiger partial charge on any atom is 0.294 e. The predicted molar refractivity (Wildman–Crippen MR) is 139 cm³/mol. The molecule has 192 valence electrons. The number of nitrogens with one attached hydrogen (secondary N) is 1. The lowest BCUT2D eigenvalue weighted by atomic mass is 10.2. The Kier molecular flexibility index (Phi) is 8.66. The highest BCUT2D eigenvalue weighted by Crippen LogP contribution is 2.34. The number of hydrogen-bond acceptors (Lipinski definition) is 9. The van der Waals surface area contributed by atoms with Crippen LogP contribution in [0.1, 0.15) is 12.5 Å². The molecule has 2 aromatic carbocycles. The van der Waals surface area contributed by atoms with Crippen molar-refractivity contribution in [1.82, 2.24) is 4.90 Å². The van der Waals surface area contributed by atoms with Crippen LogP contribution >= 0.6 is 11.8 Å². The Bertz CT molecular complexity index is 1230. The highest BCUT2D eigenvalue weighted by Gasteiger charge is 2.36. The van der Waals surface area contributed by atoms with E-state index in [1.807, 2.05) is 25.1 Å². The van der Waals surface area contributed by atoms with Crippen LogP contribution in [0.25, 0.3) is 6.08 Å². The first-order valence-electron chi connectivity index (χ1n) is 11.7. The van der Waals surface area contributed by atoms with Gasteiger partial charge < -0.3 is 24.4 Å². The molecule has 2 fully saturated rings. The van der Waals surface area contributed by atoms with Crippen molar-refractivity contribution in [2.24, 2.45) is 0 Å². The number of carbonyl (C=O) groups is 3. The smallest absolute Gasteiger partial charge is 0.294 e. The molecular weight excluding hydrogens is 496 g/mol. The van der Waals surface area contributed by atoms with Gasteiger partial charge in [0.15, 0.2) is 18.1 Å². The summed E-state index contributed by atoms with van der Waals surface area (Å²) in [6.45, 7) is 4.66. The number of hydrogen-bond donors (Lipinski definition) is 1. The number of nitrogens with zero attached hydrogens (tertiary/aromatic N) is 3. The maximum atomic E-state index is 12.9. The Hall–Kier alpha value is -4.01. The van der Waals surface area contributed by atoms with Gasteiger partial charge in [-0.3, -0.25) is 19.3 Å². The first kappa shape index (κ1) is 26.1. The third-order valence-corrected chi connectivity index (χ3v) is 6.47. The van der Waals surface area contributed by atoms with E-state index in [9.17, 15) is 14.4 Å².